The van der Waals surface area contributed by atoms with E-state index in [2.05, 4.69) is 23.7 Å². The first-order chi connectivity index (χ1) is 17.6. The van der Waals surface area contributed by atoms with Crippen molar-refractivity contribution < 1.29 is 18.7 Å². The van der Waals surface area contributed by atoms with Gasteiger partial charge in [-0.25, -0.2) is 0 Å². The molecule has 0 saturated heterocycles. The standard InChI is InChI=1S/C27H25N3O5S/c1-4-9-21-28-29-27(36-21)30-23(16-12-13-19(34-14-5-2)20(15-16)33-6-3)22-24(31)17-10-7-8-11-18(17)35-25(22)26(30)32/h5,7-8,10-13,15,23H,2,4,6,9,14H2,1,3H3. The van der Waals surface area contributed by atoms with Crippen LogP contribution in [0.15, 0.2) is 64.3 Å². The highest BCUT2D eigenvalue weighted by atomic mass is 32.1. The molecule has 2 aromatic carbocycles. The molecule has 3 heterocycles. The first-order valence-electron chi connectivity index (χ1n) is 11.8. The fourth-order valence-corrected chi connectivity index (χ4v) is 5.29. The van der Waals surface area contributed by atoms with Crippen LogP contribution in [0.2, 0.25) is 0 Å². The summed E-state index contributed by atoms with van der Waals surface area (Å²) in [6, 6.07) is 11.6. The third kappa shape index (κ3) is 4.05. The quantitative estimate of drug-likeness (QED) is 0.286. The van der Waals surface area contributed by atoms with Gasteiger partial charge in [0.05, 0.1) is 23.6 Å². The molecule has 2 aromatic heterocycles. The molecule has 5 rings (SSSR count). The van der Waals surface area contributed by atoms with Crippen LogP contribution in [0, 0.1) is 0 Å². The number of para-hydroxylation sites is 1. The van der Waals surface area contributed by atoms with Gasteiger partial charge in [-0.3, -0.25) is 14.5 Å². The molecule has 9 heteroatoms. The summed E-state index contributed by atoms with van der Waals surface area (Å²) in [5.41, 5.74) is 1.05. The Bertz CT molecular complexity index is 1510. The second kappa shape index (κ2) is 9.94. The highest BCUT2D eigenvalue weighted by Gasteiger charge is 2.45. The van der Waals surface area contributed by atoms with Gasteiger partial charge in [0.15, 0.2) is 16.9 Å². The molecule has 0 radical (unpaired) electrons. The molecule has 0 fully saturated rings. The van der Waals surface area contributed by atoms with Crippen molar-refractivity contribution in [2.75, 3.05) is 18.1 Å². The van der Waals surface area contributed by atoms with Crippen molar-refractivity contribution >= 4 is 33.3 Å². The Balaban J connectivity index is 1.72. The maximum Gasteiger partial charge on any atom is 0.297 e. The second-order valence-corrected chi connectivity index (χ2v) is 9.26. The first-order valence-corrected chi connectivity index (χ1v) is 12.6. The predicted octanol–water partition coefficient (Wildman–Crippen LogP) is 5.31. The van der Waals surface area contributed by atoms with E-state index in [0.29, 0.717) is 46.4 Å². The van der Waals surface area contributed by atoms with E-state index in [0.717, 1.165) is 17.8 Å². The Labute approximate surface area is 211 Å². The number of nitrogens with zero attached hydrogens (tertiary/aromatic N) is 3. The van der Waals surface area contributed by atoms with Crippen molar-refractivity contribution in [1.82, 2.24) is 10.2 Å². The van der Waals surface area contributed by atoms with Crippen LogP contribution in [-0.2, 0) is 6.42 Å². The number of anilines is 1. The minimum atomic E-state index is -0.761. The van der Waals surface area contributed by atoms with Gasteiger partial charge in [0.2, 0.25) is 10.9 Å². The summed E-state index contributed by atoms with van der Waals surface area (Å²) >= 11 is 1.34. The number of aryl methyl sites for hydroxylation is 1. The van der Waals surface area contributed by atoms with Crippen molar-refractivity contribution in [3.8, 4) is 11.5 Å². The van der Waals surface area contributed by atoms with E-state index in [1.807, 2.05) is 13.0 Å². The van der Waals surface area contributed by atoms with Crippen LogP contribution in [0.25, 0.3) is 11.0 Å². The lowest BCUT2D eigenvalue weighted by molar-refractivity contribution is 0.0970. The molecule has 8 nitrogen and oxygen atoms in total. The summed E-state index contributed by atoms with van der Waals surface area (Å²) in [4.78, 5) is 28.9. The van der Waals surface area contributed by atoms with Crippen LogP contribution >= 0.6 is 11.3 Å². The molecule has 184 valence electrons. The lowest BCUT2D eigenvalue weighted by Gasteiger charge is -2.23. The normalized spacial score (nSPS) is 14.8. The van der Waals surface area contributed by atoms with Gasteiger partial charge < -0.3 is 13.9 Å². The highest BCUT2D eigenvalue weighted by Crippen LogP contribution is 2.44. The average Bonchev–Trinajstić information content (AvgIpc) is 3.46. The fraction of sp³-hybridized carbons (Fsp3) is 0.259. The fourth-order valence-electron chi connectivity index (χ4n) is 4.32. The number of rotatable bonds is 9. The molecule has 1 aliphatic heterocycles. The summed E-state index contributed by atoms with van der Waals surface area (Å²) in [6.45, 7) is 8.36. The Morgan fingerprint density at radius 1 is 1.11 bits per heavy atom. The molecule has 36 heavy (non-hydrogen) atoms. The summed E-state index contributed by atoms with van der Waals surface area (Å²) in [5, 5.41) is 10.2. The number of carbonyl (C=O) groups excluding carboxylic acids is 1. The smallest absolute Gasteiger partial charge is 0.297 e. The maximum absolute atomic E-state index is 13.7. The molecule has 4 aromatic rings. The molecule has 1 amide bonds. The molecule has 0 N–H and O–H groups in total. The molecule has 0 spiro atoms. The Morgan fingerprint density at radius 2 is 1.94 bits per heavy atom. The van der Waals surface area contributed by atoms with Gasteiger partial charge in [-0.1, -0.05) is 49.1 Å². The zero-order valence-corrected chi connectivity index (χ0v) is 20.8. The monoisotopic (exact) mass is 503 g/mol. The van der Waals surface area contributed by atoms with Gasteiger partial charge in [0.25, 0.3) is 5.91 Å². The number of fused-ring (bicyclic) bond motifs is 2. The van der Waals surface area contributed by atoms with E-state index < -0.39 is 11.9 Å². The minimum Gasteiger partial charge on any atom is -0.490 e. The second-order valence-electron chi connectivity index (χ2n) is 8.22. The van der Waals surface area contributed by atoms with Gasteiger partial charge in [0.1, 0.15) is 17.2 Å². The zero-order valence-electron chi connectivity index (χ0n) is 20.0. The third-order valence-corrected chi connectivity index (χ3v) is 6.83. The van der Waals surface area contributed by atoms with Crippen LogP contribution in [-0.4, -0.2) is 29.3 Å². The van der Waals surface area contributed by atoms with Gasteiger partial charge in [-0.05, 0) is 43.2 Å². The maximum atomic E-state index is 13.7. The predicted molar refractivity (Wildman–Crippen MR) is 138 cm³/mol. The van der Waals surface area contributed by atoms with E-state index in [1.165, 1.54) is 16.2 Å². The molecular weight excluding hydrogens is 478 g/mol. The van der Waals surface area contributed by atoms with Gasteiger partial charge >= 0.3 is 0 Å². The van der Waals surface area contributed by atoms with Crippen molar-refractivity contribution in [3.63, 3.8) is 0 Å². The van der Waals surface area contributed by atoms with Crippen LogP contribution < -0.4 is 19.8 Å². The first kappa shape index (κ1) is 23.7. The molecule has 0 aliphatic carbocycles. The van der Waals surface area contributed by atoms with Gasteiger partial charge in [-0.2, -0.15) is 0 Å². The van der Waals surface area contributed by atoms with Crippen molar-refractivity contribution in [3.05, 3.63) is 87.2 Å². The molecule has 1 atom stereocenters. The molecule has 0 bridgehead atoms. The zero-order chi connectivity index (χ0) is 25.2. The van der Waals surface area contributed by atoms with Crippen molar-refractivity contribution in [2.45, 2.75) is 32.7 Å². The van der Waals surface area contributed by atoms with E-state index in [1.54, 1.807) is 42.5 Å². The number of ether oxygens (including phenoxy) is 2. The Kier molecular flexibility index (Phi) is 6.56. The van der Waals surface area contributed by atoms with Crippen molar-refractivity contribution in [1.29, 1.82) is 0 Å². The molecule has 1 unspecified atom stereocenters. The Morgan fingerprint density at radius 3 is 2.72 bits per heavy atom. The minimum absolute atomic E-state index is 0.0147. The Hall–Kier alpha value is -3.98. The number of aromatic nitrogens is 2. The van der Waals surface area contributed by atoms with Crippen LogP contribution in [0.4, 0.5) is 5.13 Å². The van der Waals surface area contributed by atoms with E-state index in [9.17, 15) is 9.59 Å². The average molecular weight is 504 g/mol. The van der Waals surface area contributed by atoms with E-state index in [4.69, 9.17) is 13.9 Å². The van der Waals surface area contributed by atoms with Gasteiger partial charge in [0, 0.05) is 6.42 Å². The number of carbonyl (C=O) groups is 1. The lowest BCUT2D eigenvalue weighted by Crippen LogP contribution is -2.29. The van der Waals surface area contributed by atoms with E-state index >= 15 is 0 Å². The van der Waals surface area contributed by atoms with Crippen LogP contribution in [0.5, 0.6) is 11.5 Å². The van der Waals surface area contributed by atoms with E-state index in [-0.39, 0.29) is 16.8 Å². The molecular formula is C27H25N3O5S. The topological polar surface area (TPSA) is 94.8 Å². The SMILES string of the molecule is C=CCOc1ccc(C2c3c(oc4ccccc4c3=O)C(=O)N2c2nnc(CCC)s2)cc1OCC. The summed E-state index contributed by atoms with van der Waals surface area (Å²) < 4.78 is 17.6. The molecule has 0 saturated carbocycles. The number of hydrogen-bond donors (Lipinski definition) is 0. The van der Waals surface area contributed by atoms with Crippen LogP contribution in [0.3, 0.4) is 0 Å². The van der Waals surface area contributed by atoms with Gasteiger partial charge in [-0.15, -0.1) is 10.2 Å². The van der Waals surface area contributed by atoms with Crippen molar-refractivity contribution in [2.24, 2.45) is 0 Å². The van der Waals surface area contributed by atoms with Crippen LogP contribution in [0.1, 0.15) is 53.0 Å². The summed E-state index contributed by atoms with van der Waals surface area (Å²) in [6.07, 6.45) is 3.31. The highest BCUT2D eigenvalue weighted by molar-refractivity contribution is 7.15. The summed E-state index contributed by atoms with van der Waals surface area (Å²) in [7, 11) is 0. The third-order valence-electron chi connectivity index (χ3n) is 5.84. The number of amides is 1. The summed E-state index contributed by atoms with van der Waals surface area (Å²) in [5.74, 6) is 0.637. The lowest BCUT2D eigenvalue weighted by atomic mass is 9.98. The molecule has 1 aliphatic rings. The number of hydrogen-bond acceptors (Lipinski definition) is 8. The largest absolute Gasteiger partial charge is 0.490 e. The number of benzene rings is 2.